The number of nitrogens with zero attached hydrogens (tertiary/aromatic N) is 1. The van der Waals surface area contributed by atoms with Crippen LogP contribution in [0.4, 0.5) is 4.39 Å². The molecule has 0 aromatic heterocycles. The van der Waals surface area contributed by atoms with Crippen LogP contribution in [0.15, 0.2) is 22.7 Å². The molecular formula is C16H24BrFN2. The van der Waals surface area contributed by atoms with Crippen LogP contribution in [-0.4, -0.2) is 29.1 Å². The molecule has 0 saturated carbocycles. The summed E-state index contributed by atoms with van der Waals surface area (Å²) < 4.78 is 14.1. The van der Waals surface area contributed by atoms with E-state index < -0.39 is 0 Å². The van der Waals surface area contributed by atoms with E-state index in [0.29, 0.717) is 0 Å². The molecule has 1 atom stereocenters. The van der Waals surface area contributed by atoms with Gasteiger partial charge in [0.1, 0.15) is 5.82 Å². The molecule has 1 aliphatic rings. The molecule has 2 rings (SSSR count). The summed E-state index contributed by atoms with van der Waals surface area (Å²) in [5, 5.41) is 3.66. The fourth-order valence-corrected chi connectivity index (χ4v) is 3.07. The minimum absolute atomic E-state index is 0.0997. The van der Waals surface area contributed by atoms with Crippen LogP contribution in [0.25, 0.3) is 0 Å². The highest BCUT2D eigenvalue weighted by molar-refractivity contribution is 9.10. The third-order valence-electron chi connectivity index (χ3n) is 4.50. The van der Waals surface area contributed by atoms with Gasteiger partial charge in [0.25, 0.3) is 0 Å². The molecule has 1 saturated heterocycles. The minimum Gasteiger partial charge on any atom is -0.308 e. The average Bonchev–Trinajstić information content (AvgIpc) is 2.38. The molecule has 1 aromatic rings. The van der Waals surface area contributed by atoms with Crippen molar-refractivity contribution in [2.24, 2.45) is 0 Å². The van der Waals surface area contributed by atoms with E-state index in [1.165, 1.54) is 6.07 Å². The molecule has 112 valence electrons. The molecule has 0 bridgehead atoms. The molecule has 0 amide bonds. The Kier molecular flexibility index (Phi) is 4.57. The Morgan fingerprint density at radius 1 is 1.35 bits per heavy atom. The van der Waals surface area contributed by atoms with Crippen molar-refractivity contribution in [1.29, 1.82) is 0 Å². The summed E-state index contributed by atoms with van der Waals surface area (Å²) in [4.78, 5) is 2.49. The Hall–Kier alpha value is -0.450. The summed E-state index contributed by atoms with van der Waals surface area (Å²) in [5.41, 5.74) is 1.39. The molecule has 2 nitrogen and oxygen atoms in total. The second-order valence-electron chi connectivity index (χ2n) is 6.67. The number of halogens is 2. The fraction of sp³-hybridized carbons (Fsp3) is 0.625. The van der Waals surface area contributed by atoms with Gasteiger partial charge in [-0.3, -0.25) is 4.90 Å². The zero-order valence-corrected chi connectivity index (χ0v) is 14.3. The van der Waals surface area contributed by atoms with Crippen molar-refractivity contribution in [3.63, 3.8) is 0 Å². The lowest BCUT2D eigenvalue weighted by Gasteiger charge is -2.51. The molecule has 0 aliphatic carbocycles. The van der Waals surface area contributed by atoms with Gasteiger partial charge in [0.05, 0.1) is 0 Å². The molecule has 0 radical (unpaired) electrons. The smallest absolute Gasteiger partial charge is 0.124 e. The Morgan fingerprint density at radius 3 is 2.65 bits per heavy atom. The molecule has 1 fully saturated rings. The van der Waals surface area contributed by atoms with Gasteiger partial charge in [0, 0.05) is 35.2 Å². The van der Waals surface area contributed by atoms with E-state index in [2.05, 4.69) is 53.8 Å². The van der Waals surface area contributed by atoms with Gasteiger partial charge in [-0.2, -0.15) is 0 Å². The first-order valence-corrected chi connectivity index (χ1v) is 7.99. The van der Waals surface area contributed by atoms with Crippen molar-refractivity contribution in [2.75, 3.05) is 13.1 Å². The van der Waals surface area contributed by atoms with E-state index in [1.54, 1.807) is 6.07 Å². The maximum atomic E-state index is 13.2. The van der Waals surface area contributed by atoms with Crippen LogP contribution in [0.5, 0.6) is 0 Å². The normalized spacial score (nSPS) is 26.7. The summed E-state index contributed by atoms with van der Waals surface area (Å²) >= 11 is 3.47. The zero-order chi connectivity index (χ0) is 15.0. The zero-order valence-electron chi connectivity index (χ0n) is 12.8. The number of rotatable bonds is 3. The van der Waals surface area contributed by atoms with E-state index in [9.17, 15) is 4.39 Å². The highest BCUT2D eigenvalue weighted by atomic mass is 79.9. The molecule has 1 aromatic carbocycles. The van der Waals surface area contributed by atoms with Crippen molar-refractivity contribution in [1.82, 2.24) is 10.2 Å². The first-order chi connectivity index (χ1) is 9.26. The predicted molar refractivity (Wildman–Crippen MR) is 85.3 cm³/mol. The lowest BCUT2D eigenvalue weighted by atomic mass is 9.88. The van der Waals surface area contributed by atoms with E-state index in [1.807, 2.05) is 6.07 Å². The van der Waals surface area contributed by atoms with Crippen molar-refractivity contribution in [2.45, 2.75) is 51.7 Å². The molecule has 0 spiro atoms. The van der Waals surface area contributed by atoms with Gasteiger partial charge in [-0.15, -0.1) is 0 Å². The molecule has 4 heteroatoms. The van der Waals surface area contributed by atoms with Crippen LogP contribution in [0.2, 0.25) is 0 Å². The lowest BCUT2D eigenvalue weighted by Crippen LogP contribution is -2.66. The van der Waals surface area contributed by atoms with E-state index in [0.717, 1.165) is 36.1 Å². The van der Waals surface area contributed by atoms with E-state index >= 15 is 0 Å². The van der Waals surface area contributed by atoms with Crippen molar-refractivity contribution < 1.29 is 4.39 Å². The molecule has 1 heterocycles. The van der Waals surface area contributed by atoms with Crippen LogP contribution in [0, 0.1) is 5.82 Å². The van der Waals surface area contributed by atoms with Gasteiger partial charge >= 0.3 is 0 Å². The molecule has 1 aliphatic heterocycles. The van der Waals surface area contributed by atoms with E-state index in [4.69, 9.17) is 0 Å². The largest absolute Gasteiger partial charge is 0.308 e. The van der Waals surface area contributed by atoms with Gasteiger partial charge in [0.15, 0.2) is 0 Å². The predicted octanol–water partition coefficient (Wildman–Crippen LogP) is 3.94. The Labute approximate surface area is 129 Å². The quantitative estimate of drug-likeness (QED) is 0.894. The van der Waals surface area contributed by atoms with Gasteiger partial charge in [-0.05, 0) is 44.9 Å². The third kappa shape index (κ3) is 3.41. The van der Waals surface area contributed by atoms with Crippen molar-refractivity contribution >= 4 is 15.9 Å². The summed E-state index contributed by atoms with van der Waals surface area (Å²) in [6.07, 6.45) is 1.10. The number of hydrogen-bond acceptors (Lipinski definition) is 2. The molecular weight excluding hydrogens is 319 g/mol. The van der Waals surface area contributed by atoms with Crippen LogP contribution in [0.3, 0.4) is 0 Å². The van der Waals surface area contributed by atoms with Crippen LogP contribution in [-0.2, 0) is 6.54 Å². The van der Waals surface area contributed by atoms with Gasteiger partial charge in [-0.25, -0.2) is 4.39 Å². The van der Waals surface area contributed by atoms with Gasteiger partial charge in [0.2, 0.25) is 0 Å². The number of benzene rings is 1. The summed E-state index contributed by atoms with van der Waals surface area (Å²) in [5.74, 6) is -0.196. The molecule has 20 heavy (non-hydrogen) atoms. The van der Waals surface area contributed by atoms with Crippen LogP contribution >= 0.6 is 15.9 Å². The average molecular weight is 343 g/mol. The highest BCUT2D eigenvalue weighted by Gasteiger charge is 2.39. The third-order valence-corrected chi connectivity index (χ3v) is 5.24. The Balaban J connectivity index is 2.20. The van der Waals surface area contributed by atoms with E-state index in [-0.39, 0.29) is 16.9 Å². The SMILES string of the molecule is CCC1(C)CN(Cc2ccc(F)cc2Br)C(C)(C)CN1. The fourth-order valence-electron chi connectivity index (χ4n) is 2.59. The minimum atomic E-state index is -0.196. The van der Waals surface area contributed by atoms with Crippen molar-refractivity contribution in [3.05, 3.63) is 34.1 Å². The Bertz CT molecular complexity index is 489. The van der Waals surface area contributed by atoms with Crippen molar-refractivity contribution in [3.8, 4) is 0 Å². The first kappa shape index (κ1) is 15.9. The first-order valence-electron chi connectivity index (χ1n) is 7.20. The molecule has 1 unspecified atom stereocenters. The lowest BCUT2D eigenvalue weighted by molar-refractivity contribution is 0.0244. The van der Waals surface area contributed by atoms with Gasteiger partial charge in [-0.1, -0.05) is 28.9 Å². The maximum absolute atomic E-state index is 13.2. The summed E-state index contributed by atoms with van der Waals surface area (Å²) in [6, 6.07) is 4.96. The number of piperazine rings is 1. The summed E-state index contributed by atoms with van der Waals surface area (Å²) in [7, 11) is 0. The molecule has 1 N–H and O–H groups in total. The van der Waals surface area contributed by atoms with Crippen LogP contribution < -0.4 is 5.32 Å². The van der Waals surface area contributed by atoms with Crippen LogP contribution in [0.1, 0.15) is 39.7 Å². The second kappa shape index (κ2) is 5.74. The maximum Gasteiger partial charge on any atom is 0.124 e. The number of hydrogen-bond donors (Lipinski definition) is 1. The van der Waals surface area contributed by atoms with Gasteiger partial charge < -0.3 is 5.32 Å². The number of nitrogens with one attached hydrogen (secondary N) is 1. The standard InChI is InChI=1S/C16H24BrFN2/c1-5-16(4)11-20(15(2,3)10-19-16)9-12-6-7-13(18)8-14(12)17/h6-8,19H,5,9-11H2,1-4H3. The summed E-state index contributed by atoms with van der Waals surface area (Å²) in [6.45, 7) is 11.8. The highest BCUT2D eigenvalue weighted by Crippen LogP contribution is 2.29. The Morgan fingerprint density at radius 2 is 2.05 bits per heavy atom. The topological polar surface area (TPSA) is 15.3 Å². The monoisotopic (exact) mass is 342 g/mol. The second-order valence-corrected chi connectivity index (χ2v) is 7.53.